The molecule has 0 atom stereocenters. The van der Waals surface area contributed by atoms with Gasteiger partial charge in [-0.3, -0.25) is 14.0 Å². The number of nitrogens with zero attached hydrogens (tertiary/aromatic N) is 2. The number of benzene rings is 1. The van der Waals surface area contributed by atoms with E-state index in [-0.39, 0.29) is 5.76 Å². The van der Waals surface area contributed by atoms with Crippen LogP contribution in [0.5, 0.6) is 0 Å². The summed E-state index contributed by atoms with van der Waals surface area (Å²) in [6.07, 6.45) is 3.17. The maximum Gasteiger partial charge on any atom is 0.185 e. The highest BCUT2D eigenvalue weighted by molar-refractivity contribution is 5.97. The highest BCUT2D eigenvalue weighted by atomic mass is 16.3. The summed E-state index contributed by atoms with van der Waals surface area (Å²) >= 11 is 0. The molecule has 3 aromatic heterocycles. The molecule has 3 heterocycles. The van der Waals surface area contributed by atoms with Gasteiger partial charge >= 0.3 is 0 Å². The predicted octanol–water partition coefficient (Wildman–Crippen LogP) is 3.37. The molecule has 0 aliphatic rings. The Morgan fingerprint density at radius 1 is 1.00 bits per heavy atom. The lowest BCUT2D eigenvalue weighted by Crippen LogP contribution is -1.92. The van der Waals surface area contributed by atoms with E-state index in [1.807, 2.05) is 36.5 Å². The van der Waals surface area contributed by atoms with Crippen molar-refractivity contribution in [2.75, 3.05) is 0 Å². The van der Waals surface area contributed by atoms with Crippen molar-refractivity contribution in [2.45, 2.75) is 0 Å². The fourth-order valence-electron chi connectivity index (χ4n) is 2.62. The van der Waals surface area contributed by atoms with Crippen molar-refractivity contribution in [1.82, 2.24) is 9.38 Å². The van der Waals surface area contributed by atoms with Crippen LogP contribution >= 0.6 is 0 Å². The maximum absolute atomic E-state index is 11.5. The van der Waals surface area contributed by atoms with Crippen LogP contribution in [0.4, 0.5) is 0 Å². The molecule has 1 aromatic carbocycles. The molecule has 0 aliphatic heterocycles. The molecule has 4 rings (SSSR count). The average molecular weight is 290 g/mol. The molecule has 0 saturated heterocycles. The second-order valence-corrected chi connectivity index (χ2v) is 4.88. The molecule has 0 spiro atoms. The van der Waals surface area contributed by atoms with Gasteiger partial charge in [-0.1, -0.05) is 24.3 Å². The first-order valence-corrected chi connectivity index (χ1v) is 6.72. The van der Waals surface area contributed by atoms with Gasteiger partial charge in [0.15, 0.2) is 24.1 Å². The summed E-state index contributed by atoms with van der Waals surface area (Å²) in [4.78, 5) is 26.8. The third kappa shape index (κ3) is 1.69. The maximum atomic E-state index is 11.5. The molecule has 0 fully saturated rings. The molecule has 22 heavy (non-hydrogen) atoms. The van der Waals surface area contributed by atoms with Crippen molar-refractivity contribution in [2.24, 2.45) is 0 Å². The summed E-state index contributed by atoms with van der Waals surface area (Å²) in [5, 5.41) is 1.98. The number of aldehydes is 2. The summed E-state index contributed by atoms with van der Waals surface area (Å²) < 4.78 is 7.13. The Balaban J connectivity index is 2.08. The number of aromatic nitrogens is 2. The molecule has 0 bridgehead atoms. The first kappa shape index (κ1) is 12.5. The van der Waals surface area contributed by atoms with E-state index in [1.165, 1.54) is 0 Å². The molecule has 0 amide bonds. The number of carbonyl (C=O) groups excluding carboxylic acids is 2. The lowest BCUT2D eigenvalue weighted by Gasteiger charge is -2.00. The van der Waals surface area contributed by atoms with E-state index in [1.54, 1.807) is 16.5 Å². The summed E-state index contributed by atoms with van der Waals surface area (Å²) in [5.41, 5.74) is 1.51. The monoisotopic (exact) mass is 290 g/mol. The fraction of sp³-hybridized carbons (Fsp3) is 0. The standard InChI is InChI=1S/C17H10N2O3/c20-9-12-5-6-15(22-12)16-14(10-21)19-8-7-11-3-1-2-4-13(11)17(19)18-16/h1-10H. The van der Waals surface area contributed by atoms with Crippen LogP contribution < -0.4 is 0 Å². The van der Waals surface area contributed by atoms with Gasteiger partial charge in [-0.05, 0) is 23.6 Å². The summed E-state index contributed by atoms with van der Waals surface area (Å²) in [5.74, 6) is 0.603. The third-order valence-electron chi connectivity index (χ3n) is 3.64. The van der Waals surface area contributed by atoms with Crippen LogP contribution in [-0.2, 0) is 0 Å². The smallest absolute Gasteiger partial charge is 0.185 e. The number of furan rings is 1. The van der Waals surface area contributed by atoms with E-state index in [0.717, 1.165) is 17.1 Å². The number of pyridine rings is 1. The van der Waals surface area contributed by atoms with Crippen molar-refractivity contribution < 1.29 is 14.0 Å². The Kier molecular flexibility index (Phi) is 2.66. The van der Waals surface area contributed by atoms with Gasteiger partial charge in [0.2, 0.25) is 0 Å². The number of imidazole rings is 1. The van der Waals surface area contributed by atoms with Gasteiger partial charge in [0, 0.05) is 11.6 Å². The van der Waals surface area contributed by atoms with E-state index in [9.17, 15) is 9.59 Å². The molecule has 5 heteroatoms. The van der Waals surface area contributed by atoms with Crippen LogP contribution in [-0.4, -0.2) is 22.0 Å². The van der Waals surface area contributed by atoms with Gasteiger partial charge in [0.05, 0.1) is 0 Å². The van der Waals surface area contributed by atoms with Gasteiger partial charge in [-0.15, -0.1) is 0 Å². The van der Waals surface area contributed by atoms with Crippen molar-refractivity contribution in [3.05, 3.63) is 60.1 Å². The minimum absolute atomic E-state index is 0.203. The molecule has 0 N–H and O–H groups in total. The zero-order valence-corrected chi connectivity index (χ0v) is 11.4. The number of carbonyl (C=O) groups is 2. The first-order valence-electron chi connectivity index (χ1n) is 6.72. The van der Waals surface area contributed by atoms with Crippen molar-refractivity contribution in [3.8, 4) is 11.5 Å². The van der Waals surface area contributed by atoms with Crippen molar-refractivity contribution in [3.63, 3.8) is 0 Å². The fourth-order valence-corrected chi connectivity index (χ4v) is 2.62. The highest BCUT2D eigenvalue weighted by Crippen LogP contribution is 2.28. The largest absolute Gasteiger partial charge is 0.452 e. The summed E-state index contributed by atoms with van der Waals surface area (Å²) in [7, 11) is 0. The molecular weight excluding hydrogens is 280 g/mol. The minimum atomic E-state index is 0.203. The van der Waals surface area contributed by atoms with Gasteiger partial charge in [0.1, 0.15) is 17.0 Å². The second-order valence-electron chi connectivity index (χ2n) is 4.88. The summed E-state index contributed by atoms with van der Waals surface area (Å²) in [6, 6.07) is 12.9. The SMILES string of the molecule is O=Cc1ccc(-c2nc3c4ccccc4ccn3c2C=O)o1. The number of hydrogen-bond acceptors (Lipinski definition) is 4. The van der Waals surface area contributed by atoms with Crippen LogP contribution in [0.1, 0.15) is 21.0 Å². The Morgan fingerprint density at radius 3 is 2.64 bits per heavy atom. The normalized spacial score (nSPS) is 11.1. The molecule has 0 unspecified atom stereocenters. The van der Waals surface area contributed by atoms with Crippen LogP contribution in [0, 0.1) is 0 Å². The van der Waals surface area contributed by atoms with Gasteiger partial charge in [-0.2, -0.15) is 0 Å². The van der Waals surface area contributed by atoms with E-state index in [2.05, 4.69) is 4.98 Å². The quantitative estimate of drug-likeness (QED) is 0.543. The zero-order valence-electron chi connectivity index (χ0n) is 11.4. The molecule has 0 aliphatic carbocycles. The molecular formula is C17H10N2O3. The highest BCUT2D eigenvalue weighted by Gasteiger charge is 2.17. The van der Waals surface area contributed by atoms with Crippen molar-refractivity contribution in [1.29, 1.82) is 0 Å². The molecule has 106 valence electrons. The van der Waals surface area contributed by atoms with Crippen LogP contribution in [0.25, 0.3) is 27.9 Å². The zero-order chi connectivity index (χ0) is 15.1. The van der Waals surface area contributed by atoms with Crippen LogP contribution in [0.3, 0.4) is 0 Å². The Bertz CT molecular complexity index is 1030. The number of fused-ring (bicyclic) bond motifs is 3. The van der Waals surface area contributed by atoms with E-state index < -0.39 is 0 Å². The summed E-state index contributed by atoms with van der Waals surface area (Å²) in [6.45, 7) is 0. The Morgan fingerprint density at radius 2 is 1.86 bits per heavy atom. The molecule has 5 nitrogen and oxygen atoms in total. The molecule has 0 saturated carbocycles. The van der Waals surface area contributed by atoms with E-state index >= 15 is 0 Å². The van der Waals surface area contributed by atoms with Crippen LogP contribution in [0.15, 0.2) is 53.1 Å². The van der Waals surface area contributed by atoms with E-state index in [0.29, 0.717) is 29.1 Å². The Hall–Kier alpha value is -3.21. The predicted molar refractivity (Wildman–Crippen MR) is 81.2 cm³/mol. The third-order valence-corrected chi connectivity index (χ3v) is 3.64. The number of rotatable bonds is 3. The topological polar surface area (TPSA) is 64.6 Å². The minimum Gasteiger partial charge on any atom is -0.452 e. The van der Waals surface area contributed by atoms with Crippen molar-refractivity contribution >= 4 is 29.0 Å². The second kappa shape index (κ2) is 4.66. The first-order chi connectivity index (χ1) is 10.8. The average Bonchev–Trinajstić information content (AvgIpc) is 3.18. The van der Waals surface area contributed by atoms with Gasteiger partial charge < -0.3 is 4.42 Å². The van der Waals surface area contributed by atoms with Gasteiger partial charge in [-0.25, -0.2) is 4.98 Å². The van der Waals surface area contributed by atoms with Crippen LogP contribution in [0.2, 0.25) is 0 Å². The number of hydrogen-bond donors (Lipinski definition) is 0. The Labute approximate surface area is 124 Å². The lowest BCUT2D eigenvalue weighted by molar-refractivity contribution is 0.110. The molecule has 0 radical (unpaired) electrons. The molecule has 4 aromatic rings. The lowest BCUT2D eigenvalue weighted by atomic mass is 10.2. The van der Waals surface area contributed by atoms with E-state index in [4.69, 9.17) is 4.42 Å². The van der Waals surface area contributed by atoms with Gasteiger partial charge in [0.25, 0.3) is 0 Å².